The largest absolute Gasteiger partial charge is 0.456 e. The first-order valence-electron chi connectivity index (χ1n) is 8.03. The Bertz CT molecular complexity index is 700. The Balaban J connectivity index is 1.66. The van der Waals surface area contributed by atoms with Gasteiger partial charge < -0.3 is 14.5 Å². The number of halogens is 1. The maximum Gasteiger partial charge on any atom is 0.306 e. The molecule has 0 saturated heterocycles. The minimum atomic E-state index is -0.314. The second-order valence-corrected chi connectivity index (χ2v) is 5.90. The third-order valence-corrected chi connectivity index (χ3v) is 3.60. The molecule has 0 unspecified atom stereocenters. The molecule has 1 aromatic heterocycles. The molecule has 0 aliphatic rings. The Hall–Kier alpha value is -2.41. The smallest absolute Gasteiger partial charge is 0.306 e. The van der Waals surface area contributed by atoms with Gasteiger partial charge in [-0.3, -0.25) is 9.59 Å². The number of unbranched alkanes of at least 4 members (excludes halogenated alkanes) is 2. The fourth-order valence-electron chi connectivity index (χ4n) is 2.07. The summed E-state index contributed by atoms with van der Waals surface area (Å²) in [6, 6.07) is 7.00. The summed E-state index contributed by atoms with van der Waals surface area (Å²) in [4.78, 5) is 22.4. The molecule has 0 fully saturated rings. The van der Waals surface area contributed by atoms with Gasteiger partial charge in [-0.2, -0.15) is 0 Å². The van der Waals surface area contributed by atoms with E-state index in [0.29, 0.717) is 30.3 Å². The van der Waals surface area contributed by atoms with Crippen LogP contribution in [0.3, 0.4) is 0 Å². The summed E-state index contributed by atoms with van der Waals surface area (Å²) in [5.74, 6) is 0.229. The lowest BCUT2D eigenvalue weighted by atomic mass is 10.2. The molecule has 0 aliphatic carbocycles. The van der Waals surface area contributed by atoms with E-state index in [2.05, 4.69) is 15.5 Å². The van der Waals surface area contributed by atoms with Gasteiger partial charge in [0.2, 0.25) is 11.8 Å². The van der Waals surface area contributed by atoms with Crippen LogP contribution in [-0.2, 0) is 20.9 Å². The Morgan fingerprint density at radius 3 is 2.64 bits per heavy atom. The van der Waals surface area contributed by atoms with Crippen molar-refractivity contribution >= 4 is 23.5 Å². The molecule has 1 amide bonds. The monoisotopic (exact) mass is 365 g/mol. The Morgan fingerprint density at radius 1 is 1.16 bits per heavy atom. The van der Waals surface area contributed by atoms with Crippen molar-refractivity contribution in [3.63, 3.8) is 0 Å². The molecule has 0 saturated carbocycles. The molecule has 0 spiro atoms. The molecule has 134 valence electrons. The van der Waals surface area contributed by atoms with Crippen LogP contribution >= 0.6 is 11.6 Å². The number of amides is 1. The minimum absolute atomic E-state index is 0.0445. The van der Waals surface area contributed by atoms with E-state index in [1.807, 2.05) is 0 Å². The summed E-state index contributed by atoms with van der Waals surface area (Å²) in [7, 11) is 0. The molecule has 0 bridgehead atoms. The average Bonchev–Trinajstić information content (AvgIpc) is 3.05. The van der Waals surface area contributed by atoms with Crippen molar-refractivity contribution in [2.24, 2.45) is 0 Å². The number of nitrogens with zero attached hydrogens (tertiary/aromatic N) is 2. The molecular weight excluding hydrogens is 346 g/mol. The zero-order valence-electron chi connectivity index (χ0n) is 14.0. The second kappa shape index (κ2) is 9.78. The van der Waals surface area contributed by atoms with Gasteiger partial charge in [-0.15, -0.1) is 10.2 Å². The maximum absolute atomic E-state index is 11.7. The van der Waals surface area contributed by atoms with Gasteiger partial charge in [0, 0.05) is 30.5 Å². The molecule has 2 rings (SSSR count). The molecule has 8 heteroatoms. The highest BCUT2D eigenvalue weighted by Gasteiger charge is 2.11. The first-order chi connectivity index (χ1) is 12.0. The molecule has 1 aromatic carbocycles. The van der Waals surface area contributed by atoms with Crippen molar-refractivity contribution in [1.82, 2.24) is 15.5 Å². The predicted molar refractivity (Wildman–Crippen MR) is 91.7 cm³/mol. The van der Waals surface area contributed by atoms with Crippen molar-refractivity contribution in [1.29, 1.82) is 0 Å². The summed E-state index contributed by atoms with van der Waals surface area (Å²) in [5.41, 5.74) is 0.744. The van der Waals surface area contributed by atoms with E-state index < -0.39 is 0 Å². The van der Waals surface area contributed by atoms with Crippen molar-refractivity contribution in [3.05, 3.63) is 35.2 Å². The van der Waals surface area contributed by atoms with Crippen LogP contribution in [0.4, 0.5) is 0 Å². The summed E-state index contributed by atoms with van der Waals surface area (Å²) < 4.78 is 10.6. The van der Waals surface area contributed by atoms with Gasteiger partial charge in [-0.05, 0) is 37.1 Å². The van der Waals surface area contributed by atoms with Gasteiger partial charge in [0.05, 0.1) is 0 Å². The average molecular weight is 366 g/mol. The molecule has 1 N–H and O–H groups in total. The third-order valence-electron chi connectivity index (χ3n) is 3.35. The normalized spacial score (nSPS) is 10.5. The maximum atomic E-state index is 11.7. The second-order valence-electron chi connectivity index (χ2n) is 5.46. The highest BCUT2D eigenvalue weighted by Crippen LogP contribution is 2.20. The third kappa shape index (κ3) is 6.93. The van der Waals surface area contributed by atoms with Crippen LogP contribution in [0.2, 0.25) is 5.02 Å². The zero-order valence-corrected chi connectivity index (χ0v) is 14.7. The van der Waals surface area contributed by atoms with Crippen molar-refractivity contribution in [2.45, 2.75) is 39.2 Å². The van der Waals surface area contributed by atoms with E-state index in [1.165, 1.54) is 6.92 Å². The lowest BCUT2D eigenvalue weighted by molar-refractivity contribution is -0.145. The van der Waals surface area contributed by atoms with E-state index >= 15 is 0 Å². The molecule has 1 heterocycles. The fraction of sp³-hybridized carbons (Fsp3) is 0.412. The predicted octanol–water partition coefficient (Wildman–Crippen LogP) is 3.13. The van der Waals surface area contributed by atoms with E-state index in [4.69, 9.17) is 20.8 Å². The van der Waals surface area contributed by atoms with Crippen LogP contribution in [0.1, 0.15) is 38.5 Å². The summed E-state index contributed by atoms with van der Waals surface area (Å²) in [6.45, 7) is 2.05. The highest BCUT2D eigenvalue weighted by atomic mass is 35.5. The number of hydrogen-bond donors (Lipinski definition) is 1. The number of hydrogen-bond acceptors (Lipinski definition) is 6. The van der Waals surface area contributed by atoms with Crippen LogP contribution in [0.5, 0.6) is 0 Å². The van der Waals surface area contributed by atoms with Crippen LogP contribution in [0.15, 0.2) is 28.7 Å². The lowest BCUT2D eigenvalue weighted by Crippen LogP contribution is -2.20. The SMILES string of the molecule is CC(=O)NCCCCCC(=O)OCc1nnc(-c2ccc(Cl)cc2)o1. The van der Waals surface area contributed by atoms with Gasteiger partial charge >= 0.3 is 5.97 Å². The van der Waals surface area contributed by atoms with Gasteiger partial charge in [-0.1, -0.05) is 18.0 Å². The van der Waals surface area contributed by atoms with Crippen LogP contribution in [0.25, 0.3) is 11.5 Å². The van der Waals surface area contributed by atoms with Crippen molar-refractivity contribution in [3.8, 4) is 11.5 Å². The van der Waals surface area contributed by atoms with E-state index in [1.54, 1.807) is 24.3 Å². The number of esters is 1. The van der Waals surface area contributed by atoms with Gasteiger partial charge in [0.1, 0.15) is 0 Å². The van der Waals surface area contributed by atoms with Crippen LogP contribution in [-0.4, -0.2) is 28.6 Å². The number of aromatic nitrogens is 2. The Kier molecular flexibility index (Phi) is 7.40. The minimum Gasteiger partial charge on any atom is -0.456 e. The molecule has 7 nitrogen and oxygen atoms in total. The molecule has 0 aliphatic heterocycles. The first kappa shape index (κ1) is 18.9. The van der Waals surface area contributed by atoms with Gasteiger partial charge in [0.15, 0.2) is 6.61 Å². The molecule has 2 aromatic rings. The van der Waals surface area contributed by atoms with Crippen LogP contribution < -0.4 is 5.32 Å². The summed E-state index contributed by atoms with van der Waals surface area (Å²) >= 11 is 5.83. The quantitative estimate of drug-likeness (QED) is 0.542. The number of carbonyl (C=O) groups is 2. The Labute approximate surface area is 150 Å². The van der Waals surface area contributed by atoms with E-state index in [-0.39, 0.29) is 24.4 Å². The molecule has 25 heavy (non-hydrogen) atoms. The topological polar surface area (TPSA) is 94.3 Å². The molecular formula is C17H20ClN3O4. The van der Waals surface area contributed by atoms with E-state index in [9.17, 15) is 9.59 Å². The number of rotatable bonds is 9. The summed E-state index contributed by atoms with van der Waals surface area (Å²) in [6.07, 6.45) is 2.70. The van der Waals surface area contributed by atoms with Gasteiger partial charge in [0.25, 0.3) is 5.89 Å². The zero-order chi connectivity index (χ0) is 18.1. The molecule has 0 radical (unpaired) electrons. The van der Waals surface area contributed by atoms with Crippen molar-refractivity contribution in [2.75, 3.05) is 6.54 Å². The van der Waals surface area contributed by atoms with Gasteiger partial charge in [-0.25, -0.2) is 0 Å². The number of carbonyl (C=O) groups excluding carboxylic acids is 2. The fourth-order valence-corrected chi connectivity index (χ4v) is 2.20. The molecule has 0 atom stereocenters. The standard InChI is InChI=1S/C17H20ClN3O4/c1-12(22)19-10-4-2-3-5-16(23)24-11-15-20-21-17(25-15)13-6-8-14(18)9-7-13/h6-9H,2-5,10-11H2,1H3,(H,19,22). The van der Waals surface area contributed by atoms with Crippen LogP contribution in [0, 0.1) is 0 Å². The summed E-state index contributed by atoms with van der Waals surface area (Å²) in [5, 5.41) is 11.1. The number of ether oxygens (including phenoxy) is 1. The highest BCUT2D eigenvalue weighted by molar-refractivity contribution is 6.30. The van der Waals surface area contributed by atoms with E-state index in [0.717, 1.165) is 18.4 Å². The van der Waals surface area contributed by atoms with Crippen molar-refractivity contribution < 1.29 is 18.7 Å². The number of benzene rings is 1. The Morgan fingerprint density at radius 2 is 1.92 bits per heavy atom. The first-order valence-corrected chi connectivity index (χ1v) is 8.41. The lowest BCUT2D eigenvalue weighted by Gasteiger charge is -2.03. The number of nitrogens with one attached hydrogen (secondary N) is 1.